The third-order valence-electron chi connectivity index (χ3n) is 2.46. The summed E-state index contributed by atoms with van der Waals surface area (Å²) in [6.45, 7) is 5.73. The number of nitrogens with zero attached hydrogens (tertiary/aromatic N) is 1. The zero-order valence-electron chi connectivity index (χ0n) is 10.1. The Labute approximate surface area is 110 Å². The Morgan fingerprint density at radius 3 is 2.76 bits per heavy atom. The highest BCUT2D eigenvalue weighted by molar-refractivity contribution is 9.10. The Morgan fingerprint density at radius 1 is 1.47 bits per heavy atom. The van der Waals surface area contributed by atoms with Crippen molar-refractivity contribution in [2.45, 2.75) is 26.8 Å². The summed E-state index contributed by atoms with van der Waals surface area (Å²) < 4.78 is 0.732. The molecule has 0 spiro atoms. The predicted molar refractivity (Wildman–Crippen MR) is 72.0 cm³/mol. The minimum absolute atomic E-state index is 0.163. The van der Waals surface area contributed by atoms with Crippen molar-refractivity contribution in [3.63, 3.8) is 0 Å². The van der Waals surface area contributed by atoms with E-state index in [1.807, 2.05) is 6.07 Å². The van der Waals surface area contributed by atoms with Crippen molar-refractivity contribution in [2.24, 2.45) is 5.92 Å². The van der Waals surface area contributed by atoms with Gasteiger partial charge in [-0.3, -0.25) is 10.1 Å². The Balaban J connectivity index is 2.61. The van der Waals surface area contributed by atoms with Crippen molar-refractivity contribution >= 4 is 21.6 Å². The lowest BCUT2D eigenvalue weighted by atomic mass is 10.1. The van der Waals surface area contributed by atoms with Crippen molar-refractivity contribution in [1.29, 1.82) is 0 Å². The molecule has 1 rings (SSSR count). The maximum atomic E-state index is 10.9. The average Bonchev–Trinajstić information content (AvgIpc) is 2.25. The predicted octanol–water partition coefficient (Wildman–Crippen LogP) is 3.49. The molecule has 0 aliphatic heterocycles. The first-order valence-electron chi connectivity index (χ1n) is 5.64. The fraction of sp³-hybridized carbons (Fsp3) is 0.500. The van der Waals surface area contributed by atoms with Gasteiger partial charge in [-0.25, -0.2) is 0 Å². The van der Waals surface area contributed by atoms with Crippen LogP contribution in [0.15, 0.2) is 22.7 Å². The molecule has 1 N–H and O–H groups in total. The van der Waals surface area contributed by atoms with Gasteiger partial charge in [-0.1, -0.05) is 29.8 Å². The zero-order chi connectivity index (χ0) is 12.8. The molecule has 0 aliphatic rings. The van der Waals surface area contributed by atoms with E-state index in [4.69, 9.17) is 0 Å². The van der Waals surface area contributed by atoms with Crippen LogP contribution in [0.1, 0.15) is 25.8 Å². The topological polar surface area (TPSA) is 55.2 Å². The molecule has 17 heavy (non-hydrogen) atoms. The molecular weight excluding hydrogens is 284 g/mol. The molecule has 5 heteroatoms. The van der Waals surface area contributed by atoms with E-state index in [0.29, 0.717) is 12.5 Å². The van der Waals surface area contributed by atoms with Gasteiger partial charge in [-0.05, 0) is 31.0 Å². The minimum Gasteiger partial charge on any atom is -0.312 e. The van der Waals surface area contributed by atoms with Crippen LogP contribution in [-0.4, -0.2) is 11.5 Å². The molecule has 0 atom stereocenters. The molecule has 0 bridgehead atoms. The van der Waals surface area contributed by atoms with Gasteiger partial charge >= 0.3 is 0 Å². The number of hydrogen-bond acceptors (Lipinski definition) is 3. The van der Waals surface area contributed by atoms with Crippen LogP contribution in [0.25, 0.3) is 0 Å². The summed E-state index contributed by atoms with van der Waals surface area (Å²) in [6, 6.07) is 5.15. The monoisotopic (exact) mass is 300 g/mol. The van der Waals surface area contributed by atoms with E-state index in [0.717, 1.165) is 23.0 Å². The lowest BCUT2D eigenvalue weighted by Gasteiger charge is -2.07. The fourth-order valence-corrected chi connectivity index (χ4v) is 1.82. The molecule has 0 saturated heterocycles. The lowest BCUT2D eigenvalue weighted by Crippen LogP contribution is -2.17. The van der Waals surface area contributed by atoms with Crippen LogP contribution >= 0.6 is 15.9 Å². The summed E-state index contributed by atoms with van der Waals surface area (Å²) in [5.74, 6) is 0.641. The van der Waals surface area contributed by atoms with Crippen LogP contribution in [0.2, 0.25) is 0 Å². The SMILES string of the molecule is CC(C)CCNCc1ccc(Br)cc1[N+](=O)[O-]. The van der Waals surface area contributed by atoms with Crippen molar-refractivity contribution in [1.82, 2.24) is 5.32 Å². The largest absolute Gasteiger partial charge is 0.312 e. The summed E-state index contributed by atoms with van der Waals surface area (Å²) >= 11 is 3.24. The number of nitro groups is 1. The van der Waals surface area contributed by atoms with Gasteiger partial charge in [-0.2, -0.15) is 0 Å². The van der Waals surface area contributed by atoms with E-state index < -0.39 is 0 Å². The van der Waals surface area contributed by atoms with E-state index in [2.05, 4.69) is 35.1 Å². The molecule has 1 aromatic carbocycles. The second-order valence-electron chi connectivity index (χ2n) is 4.39. The second-order valence-corrected chi connectivity index (χ2v) is 5.31. The molecule has 0 saturated carbocycles. The first-order chi connectivity index (χ1) is 8.00. The number of halogens is 1. The number of nitrogens with one attached hydrogen (secondary N) is 1. The molecule has 0 radical (unpaired) electrons. The first-order valence-corrected chi connectivity index (χ1v) is 6.43. The Hall–Kier alpha value is -0.940. The quantitative estimate of drug-likeness (QED) is 0.497. The molecule has 1 aromatic rings. The lowest BCUT2D eigenvalue weighted by molar-refractivity contribution is -0.385. The van der Waals surface area contributed by atoms with Gasteiger partial charge in [0.15, 0.2) is 0 Å². The number of hydrogen-bond donors (Lipinski definition) is 1. The number of benzene rings is 1. The summed E-state index contributed by atoms with van der Waals surface area (Å²) in [4.78, 5) is 10.5. The van der Waals surface area contributed by atoms with E-state index >= 15 is 0 Å². The van der Waals surface area contributed by atoms with Crippen LogP contribution < -0.4 is 5.32 Å². The van der Waals surface area contributed by atoms with Crippen LogP contribution in [0, 0.1) is 16.0 Å². The highest BCUT2D eigenvalue weighted by Crippen LogP contribution is 2.23. The van der Waals surface area contributed by atoms with Crippen molar-refractivity contribution in [2.75, 3.05) is 6.54 Å². The Kier molecular flexibility index (Phi) is 5.58. The molecule has 0 amide bonds. The van der Waals surface area contributed by atoms with Gasteiger partial charge < -0.3 is 5.32 Å². The molecule has 94 valence electrons. The summed E-state index contributed by atoms with van der Waals surface area (Å²) in [5.41, 5.74) is 0.887. The molecule has 0 aromatic heterocycles. The Morgan fingerprint density at radius 2 is 2.18 bits per heavy atom. The van der Waals surface area contributed by atoms with Crippen LogP contribution in [0.4, 0.5) is 5.69 Å². The van der Waals surface area contributed by atoms with Gasteiger partial charge in [0.2, 0.25) is 0 Å². The van der Waals surface area contributed by atoms with Gasteiger partial charge in [0.1, 0.15) is 0 Å². The van der Waals surface area contributed by atoms with E-state index in [1.165, 1.54) is 0 Å². The minimum atomic E-state index is -0.343. The van der Waals surface area contributed by atoms with Crippen LogP contribution in [0.5, 0.6) is 0 Å². The van der Waals surface area contributed by atoms with Crippen LogP contribution in [0.3, 0.4) is 0 Å². The number of rotatable bonds is 6. The highest BCUT2D eigenvalue weighted by atomic mass is 79.9. The van der Waals surface area contributed by atoms with E-state index in [9.17, 15) is 10.1 Å². The fourth-order valence-electron chi connectivity index (χ4n) is 1.47. The van der Waals surface area contributed by atoms with E-state index in [-0.39, 0.29) is 10.6 Å². The van der Waals surface area contributed by atoms with Gasteiger partial charge in [0.05, 0.1) is 4.92 Å². The molecule has 0 heterocycles. The highest BCUT2D eigenvalue weighted by Gasteiger charge is 2.13. The maximum absolute atomic E-state index is 10.9. The first kappa shape index (κ1) is 14.1. The third kappa shape index (κ3) is 4.83. The second kappa shape index (κ2) is 6.71. The summed E-state index contributed by atoms with van der Waals surface area (Å²) in [7, 11) is 0. The number of nitro benzene ring substituents is 1. The summed E-state index contributed by atoms with van der Waals surface area (Å²) in [6.07, 6.45) is 1.07. The zero-order valence-corrected chi connectivity index (χ0v) is 11.7. The van der Waals surface area contributed by atoms with Gasteiger partial charge in [-0.15, -0.1) is 0 Å². The smallest absolute Gasteiger partial charge is 0.275 e. The van der Waals surface area contributed by atoms with Crippen molar-refractivity contribution in [3.05, 3.63) is 38.3 Å². The average molecular weight is 301 g/mol. The Bertz CT molecular complexity index is 394. The van der Waals surface area contributed by atoms with Crippen LogP contribution in [-0.2, 0) is 6.54 Å². The summed E-state index contributed by atoms with van der Waals surface area (Å²) in [5, 5.41) is 14.1. The molecule has 0 fully saturated rings. The molecular formula is C12H17BrN2O2. The van der Waals surface area contributed by atoms with Gasteiger partial charge in [0, 0.05) is 22.6 Å². The molecule has 4 nitrogen and oxygen atoms in total. The maximum Gasteiger partial charge on any atom is 0.275 e. The molecule has 0 aliphatic carbocycles. The van der Waals surface area contributed by atoms with Crippen molar-refractivity contribution < 1.29 is 4.92 Å². The third-order valence-corrected chi connectivity index (χ3v) is 2.95. The normalized spacial score (nSPS) is 10.8. The van der Waals surface area contributed by atoms with Gasteiger partial charge in [0.25, 0.3) is 5.69 Å². The standard InChI is InChI=1S/C12H17BrN2O2/c1-9(2)5-6-14-8-10-3-4-11(13)7-12(10)15(16)17/h3-4,7,9,14H,5-6,8H2,1-2H3. The van der Waals surface area contributed by atoms with E-state index in [1.54, 1.807) is 12.1 Å². The molecule has 0 unspecified atom stereocenters. The van der Waals surface area contributed by atoms with Crippen molar-refractivity contribution in [3.8, 4) is 0 Å².